The van der Waals surface area contributed by atoms with Gasteiger partial charge in [-0.1, -0.05) is 30.3 Å². The fraction of sp³-hybridized carbons (Fsp3) is 0.263. The summed E-state index contributed by atoms with van der Waals surface area (Å²) < 4.78 is 35.1. The maximum absolute atomic E-state index is 13.1. The molecule has 29 heavy (non-hydrogen) atoms. The van der Waals surface area contributed by atoms with E-state index in [0.717, 1.165) is 11.8 Å². The van der Waals surface area contributed by atoms with E-state index in [1.54, 1.807) is 25.2 Å². The Morgan fingerprint density at radius 3 is 2.48 bits per heavy atom. The number of sulfonamides is 1. The van der Waals surface area contributed by atoms with E-state index >= 15 is 0 Å². The Labute approximate surface area is 168 Å². The lowest BCUT2D eigenvalue weighted by Crippen LogP contribution is -2.52. The van der Waals surface area contributed by atoms with Crippen LogP contribution in [0.2, 0.25) is 0 Å². The summed E-state index contributed by atoms with van der Waals surface area (Å²) >= 11 is 0. The number of nitrogens with one attached hydrogen (secondary N) is 2. The van der Waals surface area contributed by atoms with Crippen LogP contribution in [0.15, 0.2) is 48.5 Å². The van der Waals surface area contributed by atoms with Crippen molar-refractivity contribution < 1.29 is 27.5 Å². The molecule has 2 aromatic rings. The van der Waals surface area contributed by atoms with Crippen LogP contribution in [0, 0.1) is 0 Å². The Kier molecular flexibility index (Phi) is 5.92. The Hall–Kier alpha value is -3.27. The summed E-state index contributed by atoms with van der Waals surface area (Å²) in [5, 5.41) is 2.45. The topological polar surface area (TPSA) is 114 Å². The van der Waals surface area contributed by atoms with Crippen LogP contribution in [-0.2, 0) is 21.2 Å². The highest BCUT2D eigenvalue weighted by molar-refractivity contribution is 7.89. The average Bonchev–Trinajstić information content (AvgIpc) is 3.13. The molecular weight excluding hydrogens is 398 g/mol. The zero-order valence-corrected chi connectivity index (χ0v) is 16.7. The second kappa shape index (κ2) is 8.39. The molecule has 1 atom stereocenters. The summed E-state index contributed by atoms with van der Waals surface area (Å²) in [6.07, 6.45) is 1.05. The lowest BCUT2D eigenvalue weighted by molar-refractivity contribution is -0.120. The van der Waals surface area contributed by atoms with Gasteiger partial charge in [0.25, 0.3) is 0 Å². The van der Waals surface area contributed by atoms with Crippen LogP contribution >= 0.6 is 0 Å². The van der Waals surface area contributed by atoms with Crippen LogP contribution < -0.4 is 24.4 Å². The smallest absolute Gasteiger partial charge is 0.329 e. The molecule has 0 aliphatic carbocycles. The third-order valence-electron chi connectivity index (χ3n) is 4.24. The monoisotopic (exact) mass is 419 g/mol. The van der Waals surface area contributed by atoms with Gasteiger partial charge in [0.1, 0.15) is 6.04 Å². The van der Waals surface area contributed by atoms with Crippen LogP contribution in [0.1, 0.15) is 5.56 Å². The van der Waals surface area contributed by atoms with Gasteiger partial charge in [-0.25, -0.2) is 17.9 Å². The van der Waals surface area contributed by atoms with E-state index in [1.165, 1.54) is 4.90 Å². The molecule has 0 spiro atoms. The normalized spacial score (nSPS) is 13.4. The van der Waals surface area contributed by atoms with Crippen molar-refractivity contribution in [3.63, 3.8) is 0 Å². The number of carbonyl (C=O) groups excluding carboxylic acids is 2. The van der Waals surface area contributed by atoms with Gasteiger partial charge < -0.3 is 19.7 Å². The van der Waals surface area contributed by atoms with E-state index in [-0.39, 0.29) is 13.2 Å². The third-order valence-corrected chi connectivity index (χ3v) is 4.79. The molecule has 0 aromatic heterocycles. The number of hydrogen-bond acceptors (Lipinski definition) is 6. The molecule has 0 bridgehead atoms. The molecule has 2 aromatic carbocycles. The number of hydrogen-bond donors (Lipinski definition) is 2. The summed E-state index contributed by atoms with van der Waals surface area (Å²) in [7, 11) is -2.20. The van der Waals surface area contributed by atoms with Gasteiger partial charge in [-0.15, -0.1) is 0 Å². The van der Waals surface area contributed by atoms with Crippen molar-refractivity contribution in [2.24, 2.45) is 0 Å². The number of rotatable bonds is 6. The molecule has 0 fully saturated rings. The molecule has 2 N–H and O–H groups in total. The lowest BCUT2D eigenvalue weighted by Gasteiger charge is -2.25. The molecule has 0 saturated heterocycles. The first-order valence-corrected chi connectivity index (χ1v) is 10.6. The summed E-state index contributed by atoms with van der Waals surface area (Å²) in [5.41, 5.74) is 1.35. The number of anilines is 1. The van der Waals surface area contributed by atoms with Crippen molar-refractivity contribution in [2.75, 3.05) is 25.0 Å². The van der Waals surface area contributed by atoms with Gasteiger partial charge in [0, 0.05) is 25.2 Å². The number of nitrogens with zero attached hydrogens (tertiary/aromatic N) is 1. The maximum Gasteiger partial charge on any atom is 0.329 e. The standard InChI is InChI=1S/C19H21N3O6S/c1-22(14-8-9-16-17(11-14)28-12-27-16)18(23)15(10-13-6-4-3-5-7-13)20-19(24)21-29(2,25)26/h3-9,11,15H,10,12H2,1-2H3,(H2,20,21,24). The fourth-order valence-electron chi connectivity index (χ4n) is 2.86. The zero-order valence-electron chi connectivity index (χ0n) is 15.9. The van der Waals surface area contributed by atoms with E-state index in [9.17, 15) is 18.0 Å². The molecular formula is C19H21N3O6S. The number of likely N-dealkylation sites (N-methyl/N-ethyl adjacent to an activating group) is 1. The second-order valence-electron chi connectivity index (χ2n) is 6.52. The summed E-state index contributed by atoms with van der Waals surface area (Å²) in [5.74, 6) is 0.682. The van der Waals surface area contributed by atoms with Crippen molar-refractivity contribution in [1.82, 2.24) is 10.0 Å². The van der Waals surface area contributed by atoms with E-state index < -0.39 is 28.0 Å². The minimum absolute atomic E-state index is 0.111. The van der Waals surface area contributed by atoms with Gasteiger partial charge in [-0.2, -0.15) is 0 Å². The Bertz CT molecular complexity index is 1010. The number of amides is 3. The minimum Gasteiger partial charge on any atom is -0.454 e. The molecule has 0 saturated carbocycles. The SMILES string of the molecule is CN(C(=O)C(Cc1ccccc1)NC(=O)NS(C)(=O)=O)c1ccc2c(c1)OCO2. The molecule has 1 heterocycles. The first kappa shape index (κ1) is 20.5. The highest BCUT2D eigenvalue weighted by Crippen LogP contribution is 2.35. The van der Waals surface area contributed by atoms with E-state index in [1.807, 2.05) is 35.1 Å². The number of urea groups is 1. The molecule has 3 rings (SSSR count). The quantitative estimate of drug-likeness (QED) is 0.728. The summed E-state index contributed by atoms with van der Waals surface area (Å²) in [6.45, 7) is 0.111. The molecule has 1 aliphatic rings. The molecule has 0 radical (unpaired) electrons. The molecule has 154 valence electrons. The van der Waals surface area contributed by atoms with Crippen LogP contribution in [0.25, 0.3) is 0 Å². The van der Waals surface area contributed by atoms with Crippen LogP contribution in [0.4, 0.5) is 10.5 Å². The highest BCUT2D eigenvalue weighted by Gasteiger charge is 2.27. The van der Waals surface area contributed by atoms with E-state index in [2.05, 4.69) is 5.32 Å². The predicted molar refractivity (Wildman–Crippen MR) is 106 cm³/mol. The third kappa shape index (κ3) is 5.38. The number of fused-ring (bicyclic) bond motifs is 1. The molecule has 9 nitrogen and oxygen atoms in total. The van der Waals surface area contributed by atoms with Crippen LogP contribution in [0.5, 0.6) is 11.5 Å². The zero-order chi connectivity index (χ0) is 21.0. The van der Waals surface area contributed by atoms with E-state index in [0.29, 0.717) is 17.2 Å². The number of ether oxygens (including phenoxy) is 2. The summed E-state index contributed by atoms with van der Waals surface area (Å²) in [4.78, 5) is 26.6. The van der Waals surface area contributed by atoms with Crippen LogP contribution in [0.3, 0.4) is 0 Å². The van der Waals surface area contributed by atoms with Crippen molar-refractivity contribution in [1.29, 1.82) is 0 Å². The minimum atomic E-state index is -3.76. The maximum atomic E-state index is 13.1. The average molecular weight is 419 g/mol. The van der Waals surface area contributed by atoms with Gasteiger partial charge in [0.2, 0.25) is 22.7 Å². The Balaban J connectivity index is 1.81. The van der Waals surface area contributed by atoms with Gasteiger partial charge in [-0.05, 0) is 17.7 Å². The van der Waals surface area contributed by atoms with E-state index in [4.69, 9.17) is 9.47 Å². The fourth-order valence-corrected chi connectivity index (χ4v) is 3.26. The lowest BCUT2D eigenvalue weighted by atomic mass is 10.0. The molecule has 1 unspecified atom stereocenters. The van der Waals surface area contributed by atoms with Gasteiger partial charge in [-0.3, -0.25) is 4.79 Å². The Morgan fingerprint density at radius 2 is 1.79 bits per heavy atom. The van der Waals surface area contributed by atoms with Gasteiger partial charge >= 0.3 is 6.03 Å². The highest BCUT2D eigenvalue weighted by atomic mass is 32.2. The van der Waals surface area contributed by atoms with Crippen molar-refractivity contribution in [3.8, 4) is 11.5 Å². The molecule has 3 amide bonds. The first-order valence-electron chi connectivity index (χ1n) is 8.72. The first-order chi connectivity index (χ1) is 13.7. The van der Waals surface area contributed by atoms with Gasteiger partial charge in [0.05, 0.1) is 6.26 Å². The summed E-state index contributed by atoms with van der Waals surface area (Å²) in [6, 6.07) is 12.2. The van der Waals surface area contributed by atoms with Crippen molar-refractivity contribution >= 4 is 27.6 Å². The van der Waals surface area contributed by atoms with Crippen molar-refractivity contribution in [2.45, 2.75) is 12.5 Å². The van der Waals surface area contributed by atoms with Crippen molar-refractivity contribution in [3.05, 3.63) is 54.1 Å². The molecule has 10 heteroatoms. The largest absolute Gasteiger partial charge is 0.454 e. The van der Waals surface area contributed by atoms with Crippen LogP contribution in [-0.4, -0.2) is 46.5 Å². The van der Waals surface area contributed by atoms with Gasteiger partial charge in [0.15, 0.2) is 11.5 Å². The number of benzene rings is 2. The number of carbonyl (C=O) groups is 2. The predicted octanol–water partition coefficient (Wildman–Crippen LogP) is 1.25. The Morgan fingerprint density at radius 1 is 1.10 bits per heavy atom. The molecule has 1 aliphatic heterocycles. The second-order valence-corrected chi connectivity index (χ2v) is 8.27.